The van der Waals surface area contributed by atoms with Gasteiger partial charge in [0.15, 0.2) is 0 Å². The zero-order valence-electron chi connectivity index (χ0n) is 12.0. The van der Waals surface area contributed by atoms with Crippen LogP contribution in [0.4, 0.5) is 0 Å². The van der Waals surface area contributed by atoms with Gasteiger partial charge < -0.3 is 0 Å². The third-order valence-corrected chi connectivity index (χ3v) is 4.11. The number of hydrogen-bond donors (Lipinski definition) is 0. The summed E-state index contributed by atoms with van der Waals surface area (Å²) in [6.07, 6.45) is 1.56. The van der Waals surface area contributed by atoms with Gasteiger partial charge in [0, 0.05) is 15.4 Å². The molecule has 0 radical (unpaired) electrons. The van der Waals surface area contributed by atoms with Gasteiger partial charge in [0.05, 0.1) is 11.2 Å². The fourth-order valence-electron chi connectivity index (χ4n) is 2.30. The summed E-state index contributed by atoms with van der Waals surface area (Å²) in [5.41, 5.74) is 3.57. The molecule has 3 rings (SSSR count). The van der Waals surface area contributed by atoms with Crippen LogP contribution in [0.3, 0.4) is 0 Å². The maximum atomic E-state index is 8.86. The number of aromatic nitrogens is 1. The molecule has 0 amide bonds. The van der Waals surface area contributed by atoms with Gasteiger partial charge in [-0.05, 0) is 29.8 Å². The predicted molar refractivity (Wildman–Crippen MR) is 94.1 cm³/mol. The number of allylic oxidation sites excluding steroid dienone is 1. The molecule has 4 heteroatoms. The molecular weight excluding hydrogens is 350 g/mol. The Hall–Kier alpha value is -2.95. The number of pyridine rings is 1. The quantitative estimate of drug-likeness (QED) is 0.598. The monoisotopic (exact) mass is 359 g/mol. The van der Waals surface area contributed by atoms with E-state index in [1.165, 1.54) is 0 Å². The Bertz CT molecular complexity index is 991. The van der Waals surface area contributed by atoms with Crippen LogP contribution >= 0.6 is 15.9 Å². The molecule has 0 N–H and O–H groups in total. The number of nitrogens with zero attached hydrogens (tertiary/aromatic N) is 3. The second kappa shape index (κ2) is 6.44. The lowest BCUT2D eigenvalue weighted by atomic mass is 10.1. The summed E-state index contributed by atoms with van der Waals surface area (Å²) >= 11 is 3.54. The molecule has 0 saturated heterocycles. The number of benzene rings is 2. The number of nitriles is 2. The van der Waals surface area contributed by atoms with Crippen molar-refractivity contribution in [1.29, 1.82) is 10.5 Å². The molecule has 3 nitrogen and oxygen atoms in total. The Morgan fingerprint density at radius 3 is 2.48 bits per heavy atom. The third-order valence-electron chi connectivity index (χ3n) is 3.42. The average Bonchev–Trinajstić information content (AvgIpc) is 2.59. The van der Waals surface area contributed by atoms with Gasteiger partial charge in [-0.25, -0.2) is 4.98 Å². The first-order valence-electron chi connectivity index (χ1n) is 6.89. The minimum Gasteiger partial charge on any atom is -0.248 e. The van der Waals surface area contributed by atoms with Crippen LogP contribution in [0.5, 0.6) is 0 Å². The van der Waals surface area contributed by atoms with Crippen molar-refractivity contribution in [3.05, 3.63) is 70.2 Å². The van der Waals surface area contributed by atoms with Gasteiger partial charge in [0.25, 0.3) is 0 Å². The first-order chi connectivity index (χ1) is 11.2. The van der Waals surface area contributed by atoms with Gasteiger partial charge in [-0.1, -0.05) is 52.3 Å². The molecule has 0 saturated carbocycles. The number of fused-ring (bicyclic) bond motifs is 1. The Balaban J connectivity index is 2.13. The predicted octanol–water partition coefficient (Wildman–Crippen LogP) is 5.09. The van der Waals surface area contributed by atoms with Gasteiger partial charge in [0.1, 0.15) is 17.7 Å². The van der Waals surface area contributed by atoms with Crippen molar-refractivity contribution in [2.24, 2.45) is 0 Å². The lowest BCUT2D eigenvalue weighted by Gasteiger charge is -2.06. The van der Waals surface area contributed by atoms with E-state index in [1.54, 1.807) is 6.08 Å². The highest BCUT2D eigenvalue weighted by atomic mass is 79.9. The molecule has 0 unspecified atom stereocenters. The van der Waals surface area contributed by atoms with Gasteiger partial charge in [-0.3, -0.25) is 0 Å². The second-order valence-corrected chi connectivity index (χ2v) is 5.76. The summed E-state index contributed by atoms with van der Waals surface area (Å²) in [4.78, 5) is 4.70. The Morgan fingerprint density at radius 1 is 1.00 bits per heavy atom. The van der Waals surface area contributed by atoms with Crippen LogP contribution < -0.4 is 0 Å². The first-order valence-corrected chi connectivity index (χ1v) is 7.68. The van der Waals surface area contributed by atoms with Gasteiger partial charge in [-0.15, -0.1) is 0 Å². The summed E-state index contributed by atoms with van der Waals surface area (Å²) in [5.74, 6) is 0. The van der Waals surface area contributed by atoms with Crippen LogP contribution in [-0.4, -0.2) is 4.98 Å². The van der Waals surface area contributed by atoms with E-state index in [-0.39, 0.29) is 5.57 Å². The van der Waals surface area contributed by atoms with Gasteiger partial charge in [0.2, 0.25) is 0 Å². The zero-order chi connectivity index (χ0) is 16.2. The molecule has 0 atom stereocenters. The molecule has 3 aromatic rings. The highest BCUT2D eigenvalue weighted by Gasteiger charge is 2.05. The van der Waals surface area contributed by atoms with E-state index in [0.29, 0.717) is 0 Å². The minimum atomic E-state index is 0.0753. The van der Waals surface area contributed by atoms with E-state index in [2.05, 4.69) is 15.9 Å². The maximum absolute atomic E-state index is 8.86. The summed E-state index contributed by atoms with van der Waals surface area (Å²) in [6, 6.07) is 21.3. The van der Waals surface area contributed by atoms with E-state index in [9.17, 15) is 0 Å². The minimum absolute atomic E-state index is 0.0753. The van der Waals surface area contributed by atoms with Crippen molar-refractivity contribution in [3.63, 3.8) is 0 Å². The molecule has 0 bridgehead atoms. The highest BCUT2D eigenvalue weighted by Crippen LogP contribution is 2.28. The highest BCUT2D eigenvalue weighted by molar-refractivity contribution is 9.10. The van der Waals surface area contributed by atoms with Gasteiger partial charge >= 0.3 is 0 Å². The molecule has 0 aliphatic heterocycles. The molecule has 1 heterocycles. The van der Waals surface area contributed by atoms with Gasteiger partial charge in [-0.2, -0.15) is 10.5 Å². The fraction of sp³-hybridized carbons (Fsp3) is 0. The van der Waals surface area contributed by atoms with Crippen LogP contribution in [0.25, 0.3) is 28.2 Å². The molecule has 2 aromatic carbocycles. The molecule has 0 fully saturated rings. The molecule has 0 aliphatic carbocycles. The first kappa shape index (κ1) is 15.0. The van der Waals surface area contributed by atoms with Crippen LogP contribution in [0.1, 0.15) is 5.56 Å². The Labute approximate surface area is 142 Å². The summed E-state index contributed by atoms with van der Waals surface area (Å²) in [6.45, 7) is 0. The maximum Gasteiger partial charge on any atom is 0.130 e. The summed E-state index contributed by atoms with van der Waals surface area (Å²) < 4.78 is 0.985. The topological polar surface area (TPSA) is 60.5 Å². The molecule has 1 aromatic heterocycles. The van der Waals surface area contributed by atoms with E-state index in [1.807, 2.05) is 66.7 Å². The lowest BCUT2D eigenvalue weighted by Crippen LogP contribution is -1.87. The summed E-state index contributed by atoms with van der Waals surface area (Å²) in [7, 11) is 0. The van der Waals surface area contributed by atoms with Crippen LogP contribution in [0, 0.1) is 22.7 Å². The van der Waals surface area contributed by atoms with Crippen molar-refractivity contribution in [2.45, 2.75) is 0 Å². The average molecular weight is 360 g/mol. The standard InChI is InChI=1S/C19H10BrN3/c20-17-4-2-1-3-16(17)18-8-7-15-6-5-13(10-19(15)23-18)9-14(11-21)12-22/h1-10H. The smallest absolute Gasteiger partial charge is 0.130 e. The third kappa shape index (κ3) is 3.13. The molecular formula is C19H10BrN3. The van der Waals surface area contributed by atoms with Crippen molar-refractivity contribution in [2.75, 3.05) is 0 Å². The number of hydrogen-bond acceptors (Lipinski definition) is 3. The summed E-state index contributed by atoms with van der Waals surface area (Å²) in [5, 5.41) is 18.7. The normalized spacial score (nSPS) is 9.87. The van der Waals surface area contributed by atoms with Crippen molar-refractivity contribution >= 4 is 32.9 Å². The van der Waals surface area contributed by atoms with Crippen molar-refractivity contribution in [1.82, 2.24) is 4.98 Å². The van der Waals surface area contributed by atoms with E-state index in [4.69, 9.17) is 15.5 Å². The Morgan fingerprint density at radius 2 is 1.74 bits per heavy atom. The van der Waals surface area contributed by atoms with Crippen LogP contribution in [-0.2, 0) is 0 Å². The molecule has 108 valence electrons. The van der Waals surface area contributed by atoms with Crippen LogP contribution in [0.2, 0.25) is 0 Å². The van der Waals surface area contributed by atoms with E-state index < -0.39 is 0 Å². The van der Waals surface area contributed by atoms with Crippen LogP contribution in [0.15, 0.2) is 64.6 Å². The molecule has 0 spiro atoms. The van der Waals surface area contributed by atoms with Crippen molar-refractivity contribution in [3.8, 4) is 23.4 Å². The van der Waals surface area contributed by atoms with Crippen molar-refractivity contribution < 1.29 is 0 Å². The Kier molecular flexibility index (Phi) is 4.19. The molecule has 0 aliphatic rings. The van der Waals surface area contributed by atoms with E-state index in [0.717, 1.165) is 32.2 Å². The fourth-order valence-corrected chi connectivity index (χ4v) is 2.79. The zero-order valence-corrected chi connectivity index (χ0v) is 13.6. The molecule has 23 heavy (non-hydrogen) atoms. The SMILES string of the molecule is N#CC(C#N)=Cc1ccc2ccc(-c3ccccc3Br)nc2c1. The lowest BCUT2D eigenvalue weighted by molar-refractivity contribution is 1.39. The number of halogens is 1. The largest absolute Gasteiger partial charge is 0.248 e. The second-order valence-electron chi connectivity index (χ2n) is 4.91. The van der Waals surface area contributed by atoms with E-state index >= 15 is 0 Å². The number of rotatable bonds is 2.